The number of hydrogen-bond acceptors (Lipinski definition) is 3. The van der Waals surface area contributed by atoms with Gasteiger partial charge in [-0.1, -0.05) is 19.1 Å². The van der Waals surface area contributed by atoms with Gasteiger partial charge in [0, 0.05) is 12.1 Å². The fourth-order valence-corrected chi connectivity index (χ4v) is 2.07. The number of nitrogens with zero attached hydrogens (tertiary/aromatic N) is 1. The summed E-state index contributed by atoms with van der Waals surface area (Å²) in [4.78, 5) is 35.4. The molecule has 1 aromatic rings. The molecule has 20 heavy (non-hydrogen) atoms. The van der Waals surface area contributed by atoms with Crippen LogP contribution in [0.3, 0.4) is 0 Å². The van der Waals surface area contributed by atoms with E-state index in [9.17, 15) is 18.8 Å². The standard InChI is InChI=1S/C14H12FNO4/c1-2-8(14(19)20)6-7-16-11-9(12(17)13(16)18)4-3-5-10(11)15/h3-6H,2,7H2,1H3,(H,19,20)/b8-6-. The molecule has 2 rings (SSSR count). The number of para-hydroxylation sites is 1. The van der Waals surface area contributed by atoms with Crippen molar-refractivity contribution in [3.05, 3.63) is 41.2 Å². The fourth-order valence-electron chi connectivity index (χ4n) is 2.07. The van der Waals surface area contributed by atoms with Crippen molar-refractivity contribution in [1.29, 1.82) is 0 Å². The third kappa shape index (κ3) is 2.20. The zero-order chi connectivity index (χ0) is 14.9. The van der Waals surface area contributed by atoms with E-state index in [1.165, 1.54) is 18.2 Å². The molecule has 0 fully saturated rings. The molecule has 1 aliphatic heterocycles. The summed E-state index contributed by atoms with van der Waals surface area (Å²) in [7, 11) is 0. The highest BCUT2D eigenvalue weighted by atomic mass is 19.1. The van der Waals surface area contributed by atoms with Crippen molar-refractivity contribution < 1.29 is 23.9 Å². The van der Waals surface area contributed by atoms with Crippen LogP contribution in [0.2, 0.25) is 0 Å². The fraction of sp³-hybridized carbons (Fsp3) is 0.214. The number of rotatable bonds is 4. The molecule has 0 saturated carbocycles. The van der Waals surface area contributed by atoms with Crippen LogP contribution in [0, 0.1) is 5.82 Å². The normalized spacial score (nSPS) is 14.7. The van der Waals surface area contributed by atoms with Gasteiger partial charge in [-0.05, 0) is 18.6 Å². The van der Waals surface area contributed by atoms with Crippen LogP contribution in [0.15, 0.2) is 29.8 Å². The van der Waals surface area contributed by atoms with Crippen molar-refractivity contribution in [3.63, 3.8) is 0 Å². The molecule has 1 amide bonds. The van der Waals surface area contributed by atoms with Gasteiger partial charge >= 0.3 is 5.97 Å². The van der Waals surface area contributed by atoms with Gasteiger partial charge in [-0.15, -0.1) is 0 Å². The number of ketones is 1. The van der Waals surface area contributed by atoms with Crippen LogP contribution in [0.4, 0.5) is 10.1 Å². The monoisotopic (exact) mass is 277 g/mol. The van der Waals surface area contributed by atoms with Crippen LogP contribution in [-0.2, 0) is 9.59 Å². The van der Waals surface area contributed by atoms with Gasteiger partial charge in [0.2, 0.25) is 0 Å². The quantitative estimate of drug-likeness (QED) is 0.672. The molecule has 1 heterocycles. The highest BCUT2D eigenvalue weighted by molar-refractivity contribution is 6.52. The molecule has 6 heteroatoms. The number of carboxylic acids is 1. The molecule has 0 atom stereocenters. The molecule has 0 radical (unpaired) electrons. The van der Waals surface area contributed by atoms with E-state index in [-0.39, 0.29) is 29.8 Å². The lowest BCUT2D eigenvalue weighted by Crippen LogP contribution is -2.30. The molecular weight excluding hydrogens is 265 g/mol. The molecule has 0 aromatic heterocycles. The third-order valence-corrected chi connectivity index (χ3v) is 3.12. The number of carbonyl (C=O) groups excluding carboxylic acids is 2. The average molecular weight is 277 g/mol. The Morgan fingerprint density at radius 3 is 2.70 bits per heavy atom. The van der Waals surface area contributed by atoms with E-state index in [0.717, 1.165) is 11.0 Å². The van der Waals surface area contributed by atoms with Crippen LogP contribution in [0.5, 0.6) is 0 Å². The second kappa shape index (κ2) is 5.24. The second-order valence-electron chi connectivity index (χ2n) is 4.27. The zero-order valence-corrected chi connectivity index (χ0v) is 10.7. The number of aliphatic carboxylic acids is 1. The Morgan fingerprint density at radius 1 is 1.40 bits per heavy atom. The van der Waals surface area contributed by atoms with Gasteiger partial charge in [-0.2, -0.15) is 0 Å². The number of carbonyl (C=O) groups is 3. The summed E-state index contributed by atoms with van der Waals surface area (Å²) in [6.07, 6.45) is 1.59. The van der Waals surface area contributed by atoms with Crippen LogP contribution in [0.1, 0.15) is 23.7 Å². The van der Waals surface area contributed by atoms with E-state index < -0.39 is 23.5 Å². The molecule has 1 N–H and O–H groups in total. The Kier molecular flexibility index (Phi) is 3.65. The number of carboxylic acid groups (broad SMARTS) is 1. The smallest absolute Gasteiger partial charge is 0.331 e. The Morgan fingerprint density at radius 2 is 2.10 bits per heavy atom. The van der Waals surface area contributed by atoms with Crippen molar-refractivity contribution >= 4 is 23.3 Å². The van der Waals surface area contributed by atoms with Gasteiger partial charge in [0.1, 0.15) is 5.82 Å². The van der Waals surface area contributed by atoms with E-state index in [1.807, 2.05) is 0 Å². The summed E-state index contributed by atoms with van der Waals surface area (Å²) in [6.45, 7) is 1.51. The molecule has 0 aliphatic carbocycles. The lowest BCUT2D eigenvalue weighted by molar-refractivity contribution is -0.132. The second-order valence-corrected chi connectivity index (χ2v) is 4.27. The van der Waals surface area contributed by atoms with Crippen molar-refractivity contribution in [2.45, 2.75) is 13.3 Å². The highest BCUT2D eigenvalue weighted by Gasteiger charge is 2.37. The number of hydrogen-bond donors (Lipinski definition) is 1. The van der Waals surface area contributed by atoms with Crippen molar-refractivity contribution in [1.82, 2.24) is 0 Å². The van der Waals surface area contributed by atoms with Crippen LogP contribution >= 0.6 is 0 Å². The summed E-state index contributed by atoms with van der Waals surface area (Å²) >= 11 is 0. The molecule has 0 bridgehead atoms. The highest BCUT2D eigenvalue weighted by Crippen LogP contribution is 2.31. The van der Waals surface area contributed by atoms with Gasteiger partial charge < -0.3 is 5.11 Å². The van der Waals surface area contributed by atoms with E-state index in [4.69, 9.17) is 5.11 Å². The first-order valence-electron chi connectivity index (χ1n) is 6.04. The molecule has 1 aromatic carbocycles. The number of amides is 1. The summed E-state index contributed by atoms with van der Waals surface area (Å²) < 4.78 is 13.8. The van der Waals surface area contributed by atoms with Gasteiger partial charge in [0.05, 0.1) is 11.3 Å². The SMILES string of the molecule is CC/C(=C/CN1C(=O)C(=O)c2cccc(F)c21)C(=O)O. The molecule has 1 aliphatic rings. The molecule has 0 spiro atoms. The predicted octanol–water partition coefficient (Wildman–Crippen LogP) is 1.78. The molecule has 0 unspecified atom stereocenters. The number of benzene rings is 1. The predicted molar refractivity (Wildman–Crippen MR) is 69.1 cm³/mol. The summed E-state index contributed by atoms with van der Waals surface area (Å²) in [5.41, 5.74) is 0.0337. The Hall–Kier alpha value is -2.50. The van der Waals surface area contributed by atoms with Crippen LogP contribution in [0.25, 0.3) is 0 Å². The van der Waals surface area contributed by atoms with Crippen molar-refractivity contribution in [3.8, 4) is 0 Å². The summed E-state index contributed by atoms with van der Waals surface area (Å²) in [5, 5.41) is 8.90. The molecule has 0 saturated heterocycles. The Bertz CT molecular complexity index is 636. The topological polar surface area (TPSA) is 74.7 Å². The lowest BCUT2D eigenvalue weighted by atomic mass is 10.1. The minimum atomic E-state index is -1.10. The third-order valence-electron chi connectivity index (χ3n) is 3.12. The first kappa shape index (κ1) is 13.9. The van der Waals surface area contributed by atoms with Gasteiger partial charge in [-0.3, -0.25) is 14.5 Å². The maximum absolute atomic E-state index is 13.8. The van der Waals surface area contributed by atoms with E-state index >= 15 is 0 Å². The lowest BCUT2D eigenvalue weighted by Gasteiger charge is -2.15. The van der Waals surface area contributed by atoms with Gasteiger partial charge in [-0.25, -0.2) is 9.18 Å². The summed E-state index contributed by atoms with van der Waals surface area (Å²) in [5.74, 6) is -3.40. The maximum atomic E-state index is 13.8. The minimum absolute atomic E-state index is 0.0109. The van der Waals surface area contributed by atoms with E-state index in [0.29, 0.717) is 0 Å². The molecule has 104 valence electrons. The van der Waals surface area contributed by atoms with Crippen molar-refractivity contribution in [2.24, 2.45) is 0 Å². The summed E-state index contributed by atoms with van der Waals surface area (Å²) in [6, 6.07) is 3.88. The first-order chi connectivity index (χ1) is 9.47. The molecule has 5 nitrogen and oxygen atoms in total. The number of anilines is 1. The Balaban J connectivity index is 2.38. The van der Waals surface area contributed by atoms with E-state index in [2.05, 4.69) is 0 Å². The van der Waals surface area contributed by atoms with Crippen LogP contribution < -0.4 is 4.90 Å². The van der Waals surface area contributed by atoms with E-state index in [1.54, 1.807) is 6.92 Å². The average Bonchev–Trinajstić information content (AvgIpc) is 2.65. The first-order valence-corrected chi connectivity index (χ1v) is 6.04. The Labute approximate surface area is 114 Å². The maximum Gasteiger partial charge on any atom is 0.331 e. The van der Waals surface area contributed by atoms with Gasteiger partial charge in [0.15, 0.2) is 0 Å². The number of halogens is 1. The largest absolute Gasteiger partial charge is 0.478 e. The van der Waals surface area contributed by atoms with Crippen molar-refractivity contribution in [2.75, 3.05) is 11.4 Å². The molecular formula is C14H12FNO4. The number of Topliss-reactive ketones (excluding diaryl/α,β-unsaturated/α-hetero) is 1. The van der Waals surface area contributed by atoms with Gasteiger partial charge in [0.25, 0.3) is 11.7 Å². The number of fused-ring (bicyclic) bond motifs is 1. The zero-order valence-electron chi connectivity index (χ0n) is 10.7. The minimum Gasteiger partial charge on any atom is -0.478 e. The van der Waals surface area contributed by atoms with Crippen LogP contribution in [-0.4, -0.2) is 29.3 Å².